The van der Waals surface area contributed by atoms with E-state index in [0.29, 0.717) is 6.42 Å². The van der Waals surface area contributed by atoms with Crippen LogP contribution in [0.2, 0.25) is 0 Å². The topological polar surface area (TPSA) is 102 Å². The quantitative estimate of drug-likeness (QED) is 0.623. The first-order valence-electron chi connectivity index (χ1n) is 8.49. The van der Waals surface area contributed by atoms with Gasteiger partial charge in [-0.05, 0) is 30.2 Å². The smallest absolute Gasteiger partial charge is 0.270 e. The molecule has 8 heteroatoms. The van der Waals surface area contributed by atoms with Crippen LogP contribution in [0.1, 0.15) is 28.8 Å². The zero-order valence-corrected chi connectivity index (χ0v) is 14.8. The fraction of sp³-hybridized carbons (Fsp3) is 0.263. The molecule has 1 heterocycles. The molecule has 0 radical (unpaired) electrons. The molecule has 1 saturated heterocycles. The monoisotopic (exact) mass is 369 g/mol. The van der Waals surface area contributed by atoms with Crippen molar-refractivity contribution in [3.63, 3.8) is 0 Å². The molecule has 140 valence electrons. The van der Waals surface area contributed by atoms with Gasteiger partial charge in [-0.3, -0.25) is 19.7 Å². The Morgan fingerprint density at radius 1 is 1.26 bits per heavy atom. The van der Waals surface area contributed by atoms with Gasteiger partial charge in [0.25, 0.3) is 11.6 Å². The summed E-state index contributed by atoms with van der Waals surface area (Å²) < 4.78 is 5.12. The molecule has 0 aliphatic carbocycles. The number of nitrogens with one attached hydrogen (secondary N) is 1. The lowest BCUT2D eigenvalue weighted by atomic mass is 10.1. The van der Waals surface area contributed by atoms with Gasteiger partial charge in [0.2, 0.25) is 5.91 Å². The van der Waals surface area contributed by atoms with Gasteiger partial charge in [0, 0.05) is 37.3 Å². The molecule has 0 spiro atoms. The van der Waals surface area contributed by atoms with E-state index < -0.39 is 10.8 Å². The minimum absolute atomic E-state index is 0.103. The number of nitro groups is 1. The highest BCUT2D eigenvalue weighted by atomic mass is 16.6. The van der Waals surface area contributed by atoms with Gasteiger partial charge >= 0.3 is 0 Å². The molecule has 0 bridgehead atoms. The van der Waals surface area contributed by atoms with E-state index in [2.05, 4.69) is 5.32 Å². The molecule has 1 aliphatic heterocycles. The van der Waals surface area contributed by atoms with Crippen molar-refractivity contribution >= 4 is 23.2 Å². The number of ether oxygens (including phenoxy) is 1. The maximum absolute atomic E-state index is 12.4. The fourth-order valence-electron chi connectivity index (χ4n) is 2.98. The predicted octanol–water partition coefficient (Wildman–Crippen LogP) is 2.66. The van der Waals surface area contributed by atoms with E-state index in [0.717, 1.165) is 24.2 Å². The Hall–Kier alpha value is -3.42. The van der Waals surface area contributed by atoms with Gasteiger partial charge in [-0.15, -0.1) is 0 Å². The van der Waals surface area contributed by atoms with Crippen molar-refractivity contribution in [1.29, 1.82) is 0 Å². The Bertz CT molecular complexity index is 879. The third-order valence-electron chi connectivity index (χ3n) is 4.41. The van der Waals surface area contributed by atoms with Crippen LogP contribution >= 0.6 is 0 Å². The lowest BCUT2D eigenvalue weighted by Gasteiger charge is -2.16. The van der Waals surface area contributed by atoms with Crippen LogP contribution in [-0.4, -0.2) is 30.4 Å². The lowest BCUT2D eigenvalue weighted by molar-refractivity contribution is -0.384. The Labute approximate surface area is 155 Å². The van der Waals surface area contributed by atoms with Crippen LogP contribution in [0.3, 0.4) is 0 Å². The van der Waals surface area contributed by atoms with Crippen LogP contribution in [0.5, 0.6) is 5.75 Å². The zero-order valence-electron chi connectivity index (χ0n) is 14.8. The normalized spacial score (nSPS) is 13.5. The number of amides is 2. The van der Waals surface area contributed by atoms with E-state index in [1.54, 1.807) is 4.90 Å². The molecule has 2 aromatic rings. The number of non-ortho nitro benzene ring substituents is 1. The van der Waals surface area contributed by atoms with E-state index in [9.17, 15) is 19.7 Å². The van der Waals surface area contributed by atoms with Gasteiger partial charge in [-0.25, -0.2) is 0 Å². The lowest BCUT2D eigenvalue weighted by Crippen LogP contribution is -2.24. The first-order chi connectivity index (χ1) is 13.0. The molecule has 0 saturated carbocycles. The molecule has 2 amide bonds. The van der Waals surface area contributed by atoms with Crippen LogP contribution < -0.4 is 15.0 Å². The molecular weight excluding hydrogens is 350 g/mol. The fourth-order valence-corrected chi connectivity index (χ4v) is 2.98. The van der Waals surface area contributed by atoms with E-state index in [4.69, 9.17) is 4.74 Å². The molecule has 8 nitrogen and oxygen atoms in total. The molecule has 1 N–H and O–H groups in total. The molecule has 2 aromatic carbocycles. The van der Waals surface area contributed by atoms with Crippen molar-refractivity contribution in [3.05, 3.63) is 63.7 Å². The molecule has 0 atom stereocenters. The summed E-state index contributed by atoms with van der Waals surface area (Å²) in [5.74, 6) is -0.0795. The van der Waals surface area contributed by atoms with Gasteiger partial charge in [0.15, 0.2) is 0 Å². The number of anilines is 1. The van der Waals surface area contributed by atoms with Gasteiger partial charge in [-0.1, -0.05) is 12.1 Å². The number of carbonyl (C=O) groups is 2. The number of hydrogen-bond donors (Lipinski definition) is 1. The van der Waals surface area contributed by atoms with Crippen LogP contribution in [0.25, 0.3) is 0 Å². The van der Waals surface area contributed by atoms with Crippen molar-refractivity contribution in [3.8, 4) is 5.75 Å². The van der Waals surface area contributed by atoms with Crippen molar-refractivity contribution in [1.82, 2.24) is 5.32 Å². The third-order valence-corrected chi connectivity index (χ3v) is 4.41. The molecule has 3 rings (SSSR count). The first-order valence-corrected chi connectivity index (χ1v) is 8.49. The van der Waals surface area contributed by atoms with Crippen molar-refractivity contribution < 1.29 is 19.2 Å². The average Bonchev–Trinajstić information content (AvgIpc) is 3.11. The molecular formula is C19H19N3O5. The predicted molar refractivity (Wildman–Crippen MR) is 98.8 cm³/mol. The SMILES string of the molecule is COc1ccc([N+](=O)[O-])cc1C(=O)NCc1ccc(N2CCCC2=O)cc1. The second-order valence-corrected chi connectivity index (χ2v) is 6.14. The highest BCUT2D eigenvalue weighted by molar-refractivity contribution is 5.97. The Balaban J connectivity index is 1.68. The highest BCUT2D eigenvalue weighted by Gasteiger charge is 2.21. The number of benzene rings is 2. The Morgan fingerprint density at radius 3 is 2.59 bits per heavy atom. The molecule has 27 heavy (non-hydrogen) atoms. The summed E-state index contributed by atoms with van der Waals surface area (Å²) in [6, 6.07) is 11.2. The minimum atomic E-state index is -0.561. The van der Waals surface area contributed by atoms with Crippen LogP contribution in [0, 0.1) is 10.1 Å². The van der Waals surface area contributed by atoms with Crippen molar-refractivity contribution in [2.75, 3.05) is 18.6 Å². The summed E-state index contributed by atoms with van der Waals surface area (Å²) in [6.45, 7) is 0.973. The molecule has 1 fully saturated rings. The van der Waals surface area contributed by atoms with Crippen molar-refractivity contribution in [2.45, 2.75) is 19.4 Å². The van der Waals surface area contributed by atoms with E-state index in [1.165, 1.54) is 25.3 Å². The Morgan fingerprint density at radius 2 is 2.00 bits per heavy atom. The van der Waals surface area contributed by atoms with E-state index in [-0.39, 0.29) is 29.5 Å². The van der Waals surface area contributed by atoms with Crippen LogP contribution in [-0.2, 0) is 11.3 Å². The summed E-state index contributed by atoms with van der Waals surface area (Å²) in [6.07, 6.45) is 1.44. The standard InChI is InChI=1S/C19H19N3O5/c1-27-17-9-8-15(22(25)26)11-16(17)19(24)20-12-13-4-6-14(7-5-13)21-10-2-3-18(21)23/h4-9,11H,2-3,10,12H2,1H3,(H,20,24). The number of methoxy groups -OCH3 is 1. The summed E-state index contributed by atoms with van der Waals surface area (Å²) in [5, 5.41) is 13.7. The maximum atomic E-state index is 12.4. The van der Waals surface area contributed by atoms with Crippen molar-refractivity contribution in [2.24, 2.45) is 0 Å². The molecule has 1 aliphatic rings. The highest BCUT2D eigenvalue weighted by Crippen LogP contribution is 2.24. The van der Waals surface area contributed by atoms with E-state index in [1.807, 2.05) is 24.3 Å². The summed E-state index contributed by atoms with van der Waals surface area (Å²) in [4.78, 5) is 36.3. The minimum Gasteiger partial charge on any atom is -0.496 e. The number of nitrogens with zero attached hydrogens (tertiary/aromatic N) is 2. The van der Waals surface area contributed by atoms with E-state index >= 15 is 0 Å². The largest absolute Gasteiger partial charge is 0.496 e. The summed E-state index contributed by atoms with van der Waals surface area (Å²) >= 11 is 0. The number of carbonyl (C=O) groups excluding carboxylic acids is 2. The van der Waals surface area contributed by atoms with Gasteiger partial charge < -0.3 is 15.0 Å². The first kappa shape index (κ1) is 18.4. The van der Waals surface area contributed by atoms with Gasteiger partial charge in [-0.2, -0.15) is 0 Å². The summed E-state index contributed by atoms with van der Waals surface area (Å²) in [7, 11) is 1.40. The number of rotatable bonds is 6. The van der Waals surface area contributed by atoms with Crippen LogP contribution in [0.4, 0.5) is 11.4 Å². The van der Waals surface area contributed by atoms with Crippen LogP contribution in [0.15, 0.2) is 42.5 Å². The van der Waals surface area contributed by atoms with Gasteiger partial charge in [0.05, 0.1) is 17.6 Å². The molecule has 0 aromatic heterocycles. The second-order valence-electron chi connectivity index (χ2n) is 6.14. The number of hydrogen-bond acceptors (Lipinski definition) is 5. The average molecular weight is 369 g/mol. The van der Waals surface area contributed by atoms with Gasteiger partial charge in [0.1, 0.15) is 5.75 Å². The third kappa shape index (κ3) is 4.05. The zero-order chi connectivity index (χ0) is 19.4. The number of nitro benzene ring substituents is 1. The summed E-state index contributed by atoms with van der Waals surface area (Å²) in [5.41, 5.74) is 1.61. The second kappa shape index (κ2) is 7.86. The Kier molecular flexibility index (Phi) is 5.35. The molecule has 0 unspecified atom stereocenters. The maximum Gasteiger partial charge on any atom is 0.270 e.